The fourth-order valence-corrected chi connectivity index (χ4v) is 3.41. The average molecular weight is 516 g/mol. The van der Waals surface area contributed by atoms with Crippen molar-refractivity contribution in [3.05, 3.63) is 0 Å². The summed E-state index contributed by atoms with van der Waals surface area (Å²) in [6, 6.07) is -4.95. The van der Waals surface area contributed by atoms with Crippen LogP contribution in [0.5, 0.6) is 0 Å². The lowest BCUT2D eigenvalue weighted by atomic mass is 10.1. The van der Waals surface area contributed by atoms with Gasteiger partial charge >= 0.3 is 17.9 Å². The lowest BCUT2D eigenvalue weighted by molar-refractivity contribution is -0.147. The van der Waals surface area contributed by atoms with Crippen LogP contribution in [0.1, 0.15) is 44.9 Å². The van der Waals surface area contributed by atoms with Crippen molar-refractivity contribution < 1.29 is 44.1 Å². The molecule has 0 aromatic carbocycles. The second kappa shape index (κ2) is 15.1. The van der Waals surface area contributed by atoms with Gasteiger partial charge in [-0.1, -0.05) is 0 Å². The monoisotopic (exact) mass is 515 g/mol. The summed E-state index contributed by atoms with van der Waals surface area (Å²) < 4.78 is 0. The molecule has 3 amide bonds. The molecule has 16 heteroatoms. The standard InChI is InChI=1S/C20H33N7O9/c21-20(22)24-8-2-4-11(17(33)27-13(19(35)36)9-15(30)31)25-18(34)12(5-6-14(28)29)26-16(32)10-3-1-7-23-10/h10-13,23H,1-9H2,(H,25,34)(H,26,32)(H,27,33)(H,28,29)(H,30,31)(H,35,36)(H4,21,22,24). The predicted octanol–water partition coefficient (Wildman–Crippen LogP) is -3.33. The van der Waals surface area contributed by atoms with Crippen molar-refractivity contribution in [1.29, 1.82) is 0 Å². The van der Waals surface area contributed by atoms with Gasteiger partial charge in [0.1, 0.15) is 18.1 Å². The molecule has 1 aliphatic rings. The minimum absolute atomic E-state index is 0.0719. The molecule has 0 saturated carbocycles. The van der Waals surface area contributed by atoms with Crippen molar-refractivity contribution in [2.45, 2.75) is 69.1 Å². The first-order valence-electron chi connectivity index (χ1n) is 11.3. The van der Waals surface area contributed by atoms with Crippen LogP contribution < -0.4 is 32.7 Å². The molecule has 4 atom stereocenters. The number of amides is 3. The van der Waals surface area contributed by atoms with Gasteiger partial charge in [-0.15, -0.1) is 0 Å². The smallest absolute Gasteiger partial charge is 0.326 e. The molecule has 0 aromatic rings. The van der Waals surface area contributed by atoms with Gasteiger partial charge < -0.3 is 48.1 Å². The number of nitrogens with one attached hydrogen (secondary N) is 4. The Morgan fingerprint density at radius 1 is 0.889 bits per heavy atom. The number of carbonyl (C=O) groups excluding carboxylic acids is 3. The van der Waals surface area contributed by atoms with E-state index in [4.69, 9.17) is 21.7 Å². The van der Waals surface area contributed by atoms with Crippen LogP contribution in [0.4, 0.5) is 0 Å². The van der Waals surface area contributed by atoms with Crippen LogP contribution in [-0.2, 0) is 28.8 Å². The number of aliphatic imine (C=N–C) groups is 1. The van der Waals surface area contributed by atoms with E-state index in [0.29, 0.717) is 13.0 Å². The van der Waals surface area contributed by atoms with E-state index >= 15 is 0 Å². The Hall–Kier alpha value is -3.95. The zero-order valence-corrected chi connectivity index (χ0v) is 19.6. The van der Waals surface area contributed by atoms with Crippen molar-refractivity contribution in [3.63, 3.8) is 0 Å². The molecule has 36 heavy (non-hydrogen) atoms. The SMILES string of the molecule is NC(N)=NCCCC(NC(=O)C(CCC(=O)O)NC(=O)C1CCCN1)C(=O)NC(CC(=O)O)C(=O)O. The largest absolute Gasteiger partial charge is 0.481 e. The number of carboxylic acid groups (broad SMARTS) is 3. The molecule has 0 bridgehead atoms. The second-order valence-corrected chi connectivity index (χ2v) is 8.15. The summed E-state index contributed by atoms with van der Waals surface area (Å²) in [7, 11) is 0. The van der Waals surface area contributed by atoms with Crippen molar-refractivity contribution in [2.24, 2.45) is 16.5 Å². The number of guanidine groups is 1. The first-order valence-corrected chi connectivity index (χ1v) is 11.3. The molecule has 4 unspecified atom stereocenters. The van der Waals surface area contributed by atoms with E-state index in [-0.39, 0.29) is 31.8 Å². The molecule has 11 N–H and O–H groups in total. The van der Waals surface area contributed by atoms with Gasteiger partial charge in [-0.2, -0.15) is 0 Å². The molecule has 16 nitrogen and oxygen atoms in total. The molecule has 0 aliphatic carbocycles. The molecule has 0 spiro atoms. The number of aliphatic carboxylic acids is 3. The van der Waals surface area contributed by atoms with Crippen LogP contribution in [-0.4, -0.2) is 94.2 Å². The number of carboxylic acids is 3. The van der Waals surface area contributed by atoms with Gasteiger partial charge in [-0.05, 0) is 38.6 Å². The third-order valence-corrected chi connectivity index (χ3v) is 5.23. The van der Waals surface area contributed by atoms with Crippen LogP contribution in [0.3, 0.4) is 0 Å². The zero-order chi connectivity index (χ0) is 27.3. The maximum absolute atomic E-state index is 13.0. The van der Waals surface area contributed by atoms with E-state index < -0.39 is 72.6 Å². The molecule has 202 valence electrons. The van der Waals surface area contributed by atoms with E-state index in [2.05, 4.69) is 26.3 Å². The molecule has 1 saturated heterocycles. The molecule has 1 rings (SSSR count). The van der Waals surface area contributed by atoms with E-state index in [1.54, 1.807) is 0 Å². The van der Waals surface area contributed by atoms with Crippen molar-refractivity contribution in [1.82, 2.24) is 21.3 Å². The highest BCUT2D eigenvalue weighted by Gasteiger charge is 2.32. The van der Waals surface area contributed by atoms with Gasteiger partial charge in [0.2, 0.25) is 17.7 Å². The third kappa shape index (κ3) is 11.5. The number of carbonyl (C=O) groups is 6. The Morgan fingerprint density at radius 2 is 1.50 bits per heavy atom. The molecule has 1 fully saturated rings. The summed E-state index contributed by atoms with van der Waals surface area (Å²) in [5, 5.41) is 37.0. The Balaban J connectivity index is 3.00. The van der Waals surface area contributed by atoms with Crippen LogP contribution >= 0.6 is 0 Å². The summed E-state index contributed by atoms with van der Waals surface area (Å²) in [6.07, 6.45) is -0.224. The van der Waals surface area contributed by atoms with Gasteiger partial charge in [-0.3, -0.25) is 29.0 Å². The number of nitrogens with zero attached hydrogens (tertiary/aromatic N) is 1. The minimum Gasteiger partial charge on any atom is -0.481 e. The Kier molecular flexibility index (Phi) is 12.6. The first-order chi connectivity index (χ1) is 16.9. The van der Waals surface area contributed by atoms with Gasteiger partial charge in [0, 0.05) is 13.0 Å². The molecule has 0 radical (unpaired) electrons. The number of rotatable bonds is 16. The molecule has 1 heterocycles. The summed E-state index contributed by atoms with van der Waals surface area (Å²) in [4.78, 5) is 75.3. The normalized spacial score (nSPS) is 17.2. The number of hydrogen-bond donors (Lipinski definition) is 9. The van der Waals surface area contributed by atoms with Crippen molar-refractivity contribution in [3.8, 4) is 0 Å². The summed E-state index contributed by atoms with van der Waals surface area (Å²) in [5.74, 6) is -6.81. The summed E-state index contributed by atoms with van der Waals surface area (Å²) in [5.41, 5.74) is 10.5. The van der Waals surface area contributed by atoms with E-state index in [1.165, 1.54) is 0 Å². The lowest BCUT2D eigenvalue weighted by Gasteiger charge is -2.25. The van der Waals surface area contributed by atoms with Gasteiger partial charge in [0.15, 0.2) is 5.96 Å². The quantitative estimate of drug-likeness (QED) is 0.0554. The zero-order valence-electron chi connectivity index (χ0n) is 19.6. The van der Waals surface area contributed by atoms with E-state index in [9.17, 15) is 33.9 Å². The highest BCUT2D eigenvalue weighted by molar-refractivity contribution is 5.94. The second-order valence-electron chi connectivity index (χ2n) is 8.15. The summed E-state index contributed by atoms with van der Waals surface area (Å²) in [6.45, 7) is 0.690. The van der Waals surface area contributed by atoms with Crippen LogP contribution in [0.25, 0.3) is 0 Å². The van der Waals surface area contributed by atoms with Crippen LogP contribution in [0.2, 0.25) is 0 Å². The first kappa shape index (κ1) is 30.1. The van der Waals surface area contributed by atoms with Crippen molar-refractivity contribution in [2.75, 3.05) is 13.1 Å². The fourth-order valence-electron chi connectivity index (χ4n) is 3.41. The summed E-state index contributed by atoms with van der Waals surface area (Å²) >= 11 is 0. The Labute approximate surface area is 206 Å². The van der Waals surface area contributed by atoms with Gasteiger partial charge in [0.05, 0.1) is 12.5 Å². The minimum atomic E-state index is -1.76. The topological polar surface area (TPSA) is 276 Å². The number of hydrogen-bond acceptors (Lipinski definition) is 8. The fraction of sp³-hybridized carbons (Fsp3) is 0.650. The molecular weight excluding hydrogens is 482 g/mol. The van der Waals surface area contributed by atoms with Gasteiger partial charge in [-0.25, -0.2) is 4.79 Å². The van der Waals surface area contributed by atoms with Gasteiger partial charge in [0.25, 0.3) is 0 Å². The Morgan fingerprint density at radius 3 is 2.00 bits per heavy atom. The van der Waals surface area contributed by atoms with Crippen LogP contribution in [0.15, 0.2) is 4.99 Å². The molecule has 0 aromatic heterocycles. The lowest BCUT2D eigenvalue weighted by Crippen LogP contribution is -2.57. The molecule has 1 aliphatic heterocycles. The van der Waals surface area contributed by atoms with E-state index in [0.717, 1.165) is 6.42 Å². The molecular formula is C20H33N7O9. The Bertz CT molecular complexity index is 854. The predicted molar refractivity (Wildman–Crippen MR) is 123 cm³/mol. The van der Waals surface area contributed by atoms with Crippen molar-refractivity contribution >= 4 is 41.6 Å². The highest BCUT2D eigenvalue weighted by Crippen LogP contribution is 2.08. The third-order valence-electron chi connectivity index (χ3n) is 5.23. The van der Waals surface area contributed by atoms with Crippen LogP contribution in [0, 0.1) is 0 Å². The maximum Gasteiger partial charge on any atom is 0.326 e. The number of nitrogens with two attached hydrogens (primary N) is 2. The average Bonchev–Trinajstić information content (AvgIpc) is 3.32. The maximum atomic E-state index is 13.0. The highest BCUT2D eigenvalue weighted by atomic mass is 16.4. The van der Waals surface area contributed by atoms with E-state index in [1.807, 2.05) is 0 Å².